The van der Waals surface area contributed by atoms with Crippen LogP contribution in [0, 0.1) is 0 Å². The third-order valence-electron chi connectivity index (χ3n) is 5.22. The molecule has 3 rings (SSSR count). The van der Waals surface area contributed by atoms with Crippen LogP contribution in [0.2, 0.25) is 0 Å². The third-order valence-corrected chi connectivity index (χ3v) is 5.22. The van der Waals surface area contributed by atoms with E-state index in [9.17, 15) is 0 Å². The van der Waals surface area contributed by atoms with Gasteiger partial charge in [-0.25, -0.2) is 9.66 Å². The van der Waals surface area contributed by atoms with Gasteiger partial charge in [-0.05, 0) is 25.7 Å². The number of hydrogen-bond donors (Lipinski definition) is 2. The Balaban J connectivity index is 1.84. The molecule has 0 radical (unpaired) electrons. The lowest BCUT2D eigenvalue weighted by Crippen LogP contribution is -2.19. The highest BCUT2D eigenvalue weighted by Gasteiger charge is 2.27. The summed E-state index contributed by atoms with van der Waals surface area (Å²) in [5, 5.41) is 0. The number of anilines is 1. The lowest BCUT2D eigenvalue weighted by atomic mass is 9.89. The maximum Gasteiger partial charge on any atom is 0.146 e. The molecular formula is C16H28N4. The van der Waals surface area contributed by atoms with Crippen LogP contribution in [-0.2, 0) is 0 Å². The molecule has 1 heterocycles. The van der Waals surface area contributed by atoms with E-state index in [2.05, 4.69) is 0 Å². The second-order valence-electron chi connectivity index (χ2n) is 6.63. The quantitative estimate of drug-likeness (QED) is 0.639. The normalized spacial score (nSPS) is 22.8. The molecule has 0 aromatic carbocycles. The molecule has 2 aliphatic carbocycles. The summed E-state index contributed by atoms with van der Waals surface area (Å²) in [7, 11) is 0. The Morgan fingerprint density at radius 3 is 1.90 bits per heavy atom. The third kappa shape index (κ3) is 2.65. The summed E-state index contributed by atoms with van der Waals surface area (Å²) in [5.74, 6) is 9.03. The Kier molecular flexibility index (Phi) is 4.18. The minimum absolute atomic E-state index is 0.524. The van der Waals surface area contributed by atoms with Crippen LogP contribution in [0.5, 0.6) is 0 Å². The molecule has 0 spiro atoms. The molecule has 2 fully saturated rings. The lowest BCUT2D eigenvalue weighted by Gasteiger charge is -2.20. The van der Waals surface area contributed by atoms with Crippen LogP contribution in [0.3, 0.4) is 0 Å². The zero-order valence-electron chi connectivity index (χ0n) is 12.5. The molecule has 2 aliphatic rings. The number of rotatable bonds is 2. The van der Waals surface area contributed by atoms with Crippen molar-refractivity contribution in [2.45, 2.75) is 82.5 Å². The molecule has 0 atom stereocenters. The fourth-order valence-electron chi connectivity index (χ4n) is 3.98. The van der Waals surface area contributed by atoms with Gasteiger partial charge < -0.3 is 11.6 Å². The largest absolute Gasteiger partial charge is 0.382 e. The van der Waals surface area contributed by atoms with Crippen LogP contribution in [-0.4, -0.2) is 9.66 Å². The van der Waals surface area contributed by atoms with E-state index >= 15 is 0 Å². The van der Waals surface area contributed by atoms with Gasteiger partial charge in [-0.15, -0.1) is 0 Å². The van der Waals surface area contributed by atoms with Gasteiger partial charge in [-0.2, -0.15) is 0 Å². The molecule has 0 bridgehead atoms. The molecule has 0 amide bonds. The maximum absolute atomic E-state index is 6.27. The van der Waals surface area contributed by atoms with E-state index in [1.807, 2.05) is 0 Å². The Morgan fingerprint density at radius 2 is 1.30 bits per heavy atom. The van der Waals surface area contributed by atoms with Crippen molar-refractivity contribution in [2.24, 2.45) is 0 Å². The molecule has 0 saturated heterocycles. The van der Waals surface area contributed by atoms with E-state index in [0.717, 1.165) is 17.3 Å². The molecule has 2 saturated carbocycles. The molecule has 0 aliphatic heterocycles. The minimum Gasteiger partial charge on any atom is -0.382 e. The summed E-state index contributed by atoms with van der Waals surface area (Å²) in [5.41, 5.74) is 7.36. The van der Waals surface area contributed by atoms with Crippen molar-refractivity contribution in [1.82, 2.24) is 9.66 Å². The Bertz CT molecular complexity index is 438. The summed E-state index contributed by atoms with van der Waals surface area (Å²) in [6, 6.07) is 0. The van der Waals surface area contributed by atoms with Crippen LogP contribution >= 0.6 is 0 Å². The molecule has 1 aromatic rings. The number of imidazole rings is 1. The van der Waals surface area contributed by atoms with Crippen molar-refractivity contribution in [3.8, 4) is 0 Å². The van der Waals surface area contributed by atoms with Gasteiger partial charge in [0.15, 0.2) is 0 Å². The number of hydrogen-bond acceptors (Lipinski definition) is 3. The van der Waals surface area contributed by atoms with E-state index in [0.29, 0.717) is 11.8 Å². The standard InChI is InChI=1S/C16H28N4/c17-15-14(12-8-4-1-2-5-9-12)19-16(20(15)18)13-10-6-3-7-11-13/h12-13H,1-11,17-18H2. The first-order valence-electron chi connectivity index (χ1n) is 8.40. The predicted octanol–water partition coefficient (Wildman–Crippen LogP) is 3.66. The SMILES string of the molecule is Nc1c(C2CCCCCC2)nc(C2CCCCC2)n1N. The second-order valence-corrected chi connectivity index (χ2v) is 6.63. The van der Waals surface area contributed by atoms with Crippen molar-refractivity contribution >= 4 is 5.82 Å². The number of aromatic nitrogens is 2. The molecule has 0 unspecified atom stereocenters. The Hall–Kier alpha value is -1.19. The number of nitrogens with two attached hydrogens (primary N) is 2. The van der Waals surface area contributed by atoms with Crippen molar-refractivity contribution in [2.75, 3.05) is 11.6 Å². The predicted molar refractivity (Wildman–Crippen MR) is 83.1 cm³/mol. The summed E-state index contributed by atoms with van der Waals surface area (Å²) in [6.45, 7) is 0. The van der Waals surface area contributed by atoms with E-state index < -0.39 is 0 Å². The number of nitrogen functional groups attached to an aromatic ring is 2. The van der Waals surface area contributed by atoms with Gasteiger partial charge in [0.25, 0.3) is 0 Å². The van der Waals surface area contributed by atoms with Crippen LogP contribution in [0.25, 0.3) is 0 Å². The van der Waals surface area contributed by atoms with Crippen molar-refractivity contribution in [3.63, 3.8) is 0 Å². The summed E-state index contributed by atoms with van der Waals surface area (Å²) < 4.78 is 1.69. The first-order valence-corrected chi connectivity index (χ1v) is 8.40. The molecule has 20 heavy (non-hydrogen) atoms. The van der Waals surface area contributed by atoms with Gasteiger partial charge in [0.1, 0.15) is 11.6 Å². The average molecular weight is 276 g/mol. The topological polar surface area (TPSA) is 69.9 Å². The highest BCUT2D eigenvalue weighted by Crippen LogP contribution is 2.37. The first kappa shape index (κ1) is 13.8. The van der Waals surface area contributed by atoms with Gasteiger partial charge in [0.2, 0.25) is 0 Å². The van der Waals surface area contributed by atoms with Crippen LogP contribution in [0.4, 0.5) is 5.82 Å². The fraction of sp³-hybridized carbons (Fsp3) is 0.812. The average Bonchev–Trinajstić information content (AvgIpc) is 2.69. The van der Waals surface area contributed by atoms with Gasteiger partial charge in [0, 0.05) is 11.8 Å². The fourth-order valence-corrected chi connectivity index (χ4v) is 3.98. The molecule has 4 nitrogen and oxygen atoms in total. The van der Waals surface area contributed by atoms with Crippen molar-refractivity contribution in [1.29, 1.82) is 0 Å². The van der Waals surface area contributed by atoms with E-state index in [1.165, 1.54) is 70.6 Å². The van der Waals surface area contributed by atoms with Crippen molar-refractivity contribution < 1.29 is 0 Å². The molecule has 112 valence electrons. The first-order chi connectivity index (χ1) is 9.77. The smallest absolute Gasteiger partial charge is 0.146 e. The monoisotopic (exact) mass is 276 g/mol. The molecule has 1 aromatic heterocycles. The van der Waals surface area contributed by atoms with Gasteiger partial charge in [-0.3, -0.25) is 0 Å². The minimum atomic E-state index is 0.524. The van der Waals surface area contributed by atoms with Crippen LogP contribution < -0.4 is 11.6 Å². The Labute approximate surface area is 121 Å². The molecule has 4 heteroatoms. The van der Waals surface area contributed by atoms with E-state index in [4.69, 9.17) is 16.6 Å². The lowest BCUT2D eigenvalue weighted by molar-refractivity contribution is 0.423. The highest BCUT2D eigenvalue weighted by atomic mass is 15.4. The zero-order chi connectivity index (χ0) is 13.9. The van der Waals surface area contributed by atoms with Gasteiger partial charge in [0.05, 0.1) is 5.69 Å². The molecular weight excluding hydrogens is 248 g/mol. The second kappa shape index (κ2) is 6.06. The number of nitrogens with zero attached hydrogens (tertiary/aromatic N) is 2. The van der Waals surface area contributed by atoms with Crippen LogP contribution in [0.1, 0.15) is 94.0 Å². The van der Waals surface area contributed by atoms with E-state index in [-0.39, 0.29) is 0 Å². The van der Waals surface area contributed by atoms with Gasteiger partial charge >= 0.3 is 0 Å². The zero-order valence-corrected chi connectivity index (χ0v) is 12.5. The Morgan fingerprint density at radius 1 is 0.800 bits per heavy atom. The maximum atomic E-state index is 6.27. The highest BCUT2D eigenvalue weighted by molar-refractivity contribution is 5.41. The molecule has 4 N–H and O–H groups in total. The van der Waals surface area contributed by atoms with Crippen molar-refractivity contribution in [3.05, 3.63) is 11.5 Å². The van der Waals surface area contributed by atoms with Gasteiger partial charge in [-0.1, -0.05) is 44.9 Å². The summed E-state index contributed by atoms with van der Waals surface area (Å²) in [4.78, 5) is 4.91. The van der Waals surface area contributed by atoms with E-state index in [1.54, 1.807) is 4.68 Å². The summed E-state index contributed by atoms with van der Waals surface area (Å²) in [6.07, 6.45) is 14.2. The van der Waals surface area contributed by atoms with Crippen LogP contribution in [0.15, 0.2) is 0 Å². The summed E-state index contributed by atoms with van der Waals surface area (Å²) >= 11 is 0.